The summed E-state index contributed by atoms with van der Waals surface area (Å²) in [4.78, 5) is 2.48. The third-order valence-electron chi connectivity index (χ3n) is 4.24. The molecule has 25 heavy (non-hydrogen) atoms. The van der Waals surface area contributed by atoms with E-state index in [2.05, 4.69) is 10.2 Å². The summed E-state index contributed by atoms with van der Waals surface area (Å²) in [7, 11) is 0.348. The van der Waals surface area contributed by atoms with Gasteiger partial charge in [0.2, 0.25) is 0 Å². The number of rotatable bonds is 7. The number of hydrogen-bond acceptors (Lipinski definition) is 4. The fraction of sp³-hybridized carbons (Fsp3) is 0.263. The molecule has 0 spiro atoms. The molecule has 0 radical (unpaired) electrons. The molecule has 0 aliphatic carbocycles. The van der Waals surface area contributed by atoms with E-state index in [0.717, 1.165) is 24.0 Å². The molecule has 0 bridgehead atoms. The summed E-state index contributed by atoms with van der Waals surface area (Å²) < 4.78 is 27.5. The van der Waals surface area contributed by atoms with E-state index in [1.54, 1.807) is 30.5 Å². The van der Waals surface area contributed by atoms with Gasteiger partial charge in [0.1, 0.15) is 0 Å². The van der Waals surface area contributed by atoms with Crippen molar-refractivity contribution in [2.45, 2.75) is 11.4 Å². The number of likely N-dealkylation sites (N-methyl/N-ethyl adjacent to an activating group) is 2. The lowest BCUT2D eigenvalue weighted by atomic mass is 10.1. The van der Waals surface area contributed by atoms with Crippen molar-refractivity contribution in [1.82, 2.24) is 14.2 Å². The van der Waals surface area contributed by atoms with E-state index in [4.69, 9.17) is 0 Å². The minimum Gasteiger partial charge on any atom is -0.318 e. The van der Waals surface area contributed by atoms with Crippen molar-refractivity contribution in [3.8, 4) is 0 Å². The molecule has 0 unspecified atom stereocenters. The summed E-state index contributed by atoms with van der Waals surface area (Å²) in [5, 5.41) is 4.10. The van der Waals surface area contributed by atoms with Crippen LogP contribution in [0, 0.1) is 0 Å². The van der Waals surface area contributed by atoms with Crippen LogP contribution in [0.5, 0.6) is 0 Å². The molecule has 0 saturated heterocycles. The zero-order chi connectivity index (χ0) is 17.9. The van der Waals surface area contributed by atoms with Crippen LogP contribution < -0.4 is 5.32 Å². The summed E-state index contributed by atoms with van der Waals surface area (Å²) in [6.07, 6.45) is 1.75. The standard InChI is InChI=1S/C19H23N3O2S/c1-20-12-13-21(2)14-16-15-22(19-11-7-6-10-18(16)19)25(23,24)17-8-4-3-5-9-17/h3-11,15,20H,12-14H2,1-2H3. The van der Waals surface area contributed by atoms with Crippen LogP contribution in [-0.4, -0.2) is 44.5 Å². The van der Waals surface area contributed by atoms with Gasteiger partial charge in [0.05, 0.1) is 10.4 Å². The van der Waals surface area contributed by atoms with Crippen LogP contribution in [0.4, 0.5) is 0 Å². The monoisotopic (exact) mass is 357 g/mol. The van der Waals surface area contributed by atoms with Gasteiger partial charge in [-0.05, 0) is 37.9 Å². The zero-order valence-electron chi connectivity index (χ0n) is 14.5. The Balaban J connectivity index is 2.05. The maximum absolute atomic E-state index is 13.1. The highest BCUT2D eigenvalue weighted by Gasteiger charge is 2.21. The van der Waals surface area contributed by atoms with Crippen molar-refractivity contribution in [1.29, 1.82) is 0 Å². The van der Waals surface area contributed by atoms with Gasteiger partial charge in [-0.2, -0.15) is 0 Å². The van der Waals surface area contributed by atoms with Crippen molar-refractivity contribution in [2.24, 2.45) is 0 Å². The minimum absolute atomic E-state index is 0.297. The zero-order valence-corrected chi connectivity index (χ0v) is 15.3. The summed E-state index contributed by atoms with van der Waals surface area (Å²) in [6.45, 7) is 2.47. The molecular weight excluding hydrogens is 334 g/mol. The Hall–Kier alpha value is -2.15. The van der Waals surface area contributed by atoms with Gasteiger partial charge in [-0.15, -0.1) is 0 Å². The molecular formula is C19H23N3O2S. The molecule has 0 aliphatic heterocycles. The van der Waals surface area contributed by atoms with Gasteiger partial charge in [-0.3, -0.25) is 0 Å². The fourth-order valence-corrected chi connectivity index (χ4v) is 4.33. The van der Waals surface area contributed by atoms with Crippen LogP contribution >= 0.6 is 0 Å². The summed E-state index contributed by atoms with van der Waals surface area (Å²) >= 11 is 0. The number of nitrogens with one attached hydrogen (secondary N) is 1. The first-order valence-corrected chi connectivity index (χ1v) is 9.71. The summed E-state index contributed by atoms with van der Waals surface area (Å²) in [5.41, 5.74) is 1.72. The maximum atomic E-state index is 13.1. The molecule has 0 saturated carbocycles. The van der Waals surface area contributed by atoms with E-state index in [-0.39, 0.29) is 0 Å². The van der Waals surface area contributed by atoms with E-state index >= 15 is 0 Å². The van der Waals surface area contributed by atoms with Crippen LogP contribution in [0.25, 0.3) is 10.9 Å². The largest absolute Gasteiger partial charge is 0.318 e. The maximum Gasteiger partial charge on any atom is 0.268 e. The van der Waals surface area contributed by atoms with Gasteiger partial charge < -0.3 is 10.2 Å². The normalized spacial score (nSPS) is 12.1. The molecule has 0 atom stereocenters. The average molecular weight is 357 g/mol. The summed E-state index contributed by atoms with van der Waals surface area (Å²) in [6, 6.07) is 16.2. The second-order valence-electron chi connectivity index (χ2n) is 6.13. The number of aromatic nitrogens is 1. The van der Waals surface area contributed by atoms with Gasteiger partial charge >= 0.3 is 0 Å². The third-order valence-corrected chi connectivity index (χ3v) is 5.93. The highest BCUT2D eigenvalue weighted by Crippen LogP contribution is 2.26. The number of fused-ring (bicyclic) bond motifs is 1. The van der Waals surface area contributed by atoms with Gasteiger partial charge in [-0.25, -0.2) is 12.4 Å². The Kier molecular flexibility index (Phi) is 5.22. The third kappa shape index (κ3) is 3.61. The quantitative estimate of drug-likeness (QED) is 0.706. The van der Waals surface area contributed by atoms with E-state index in [9.17, 15) is 8.42 Å². The van der Waals surface area contributed by atoms with Crippen LogP contribution in [0.2, 0.25) is 0 Å². The van der Waals surface area contributed by atoms with E-state index < -0.39 is 10.0 Å². The van der Waals surface area contributed by atoms with Crippen molar-refractivity contribution in [3.63, 3.8) is 0 Å². The molecule has 2 aromatic carbocycles. The predicted molar refractivity (Wildman–Crippen MR) is 101 cm³/mol. The molecule has 132 valence electrons. The van der Waals surface area contributed by atoms with Gasteiger partial charge in [0.15, 0.2) is 0 Å². The molecule has 1 heterocycles. The Morgan fingerprint density at radius 1 is 1.04 bits per heavy atom. The first kappa shape index (κ1) is 17.7. The molecule has 0 amide bonds. The van der Waals surface area contributed by atoms with E-state index in [1.807, 2.05) is 44.4 Å². The van der Waals surface area contributed by atoms with Crippen LogP contribution in [0.3, 0.4) is 0 Å². The van der Waals surface area contributed by atoms with Crippen LogP contribution in [0.15, 0.2) is 65.7 Å². The number of hydrogen-bond donors (Lipinski definition) is 1. The lowest BCUT2D eigenvalue weighted by Gasteiger charge is -2.15. The van der Waals surface area contributed by atoms with E-state index in [1.165, 1.54) is 3.97 Å². The van der Waals surface area contributed by atoms with Gasteiger partial charge in [0.25, 0.3) is 10.0 Å². The number of nitrogens with zero attached hydrogens (tertiary/aromatic N) is 2. The lowest BCUT2D eigenvalue weighted by Crippen LogP contribution is -2.26. The lowest BCUT2D eigenvalue weighted by molar-refractivity contribution is 0.329. The highest BCUT2D eigenvalue weighted by atomic mass is 32.2. The Bertz CT molecular complexity index is 949. The Morgan fingerprint density at radius 3 is 2.44 bits per heavy atom. The minimum atomic E-state index is -3.61. The van der Waals surface area contributed by atoms with Crippen molar-refractivity contribution < 1.29 is 8.42 Å². The molecule has 3 rings (SSSR count). The molecule has 6 heteroatoms. The number of benzene rings is 2. The summed E-state index contributed by atoms with van der Waals surface area (Å²) in [5.74, 6) is 0. The Morgan fingerprint density at radius 2 is 1.72 bits per heavy atom. The van der Waals surface area contributed by atoms with Crippen LogP contribution in [-0.2, 0) is 16.6 Å². The molecule has 5 nitrogen and oxygen atoms in total. The fourth-order valence-electron chi connectivity index (χ4n) is 2.92. The Labute approximate surface area is 148 Å². The van der Waals surface area contributed by atoms with Crippen molar-refractivity contribution >= 4 is 20.9 Å². The van der Waals surface area contributed by atoms with Crippen LogP contribution in [0.1, 0.15) is 5.56 Å². The van der Waals surface area contributed by atoms with E-state index in [0.29, 0.717) is 17.0 Å². The topological polar surface area (TPSA) is 54.3 Å². The molecule has 0 aliphatic rings. The second-order valence-corrected chi connectivity index (χ2v) is 7.94. The second kappa shape index (κ2) is 7.39. The van der Waals surface area contributed by atoms with Gasteiger partial charge in [0, 0.05) is 31.2 Å². The van der Waals surface area contributed by atoms with Crippen molar-refractivity contribution in [2.75, 3.05) is 27.2 Å². The number of para-hydroxylation sites is 1. The SMILES string of the molecule is CNCCN(C)Cc1cn(S(=O)(=O)c2ccccc2)c2ccccc12. The molecule has 0 fully saturated rings. The molecule has 1 aromatic heterocycles. The van der Waals surface area contributed by atoms with Gasteiger partial charge in [-0.1, -0.05) is 36.4 Å². The first-order valence-electron chi connectivity index (χ1n) is 8.27. The average Bonchev–Trinajstić information content (AvgIpc) is 3.00. The smallest absolute Gasteiger partial charge is 0.268 e. The predicted octanol–water partition coefficient (Wildman–Crippen LogP) is 2.53. The molecule has 3 aromatic rings. The first-order chi connectivity index (χ1) is 12.0. The van der Waals surface area contributed by atoms with Crippen molar-refractivity contribution in [3.05, 3.63) is 66.4 Å². The highest BCUT2D eigenvalue weighted by molar-refractivity contribution is 7.90. The molecule has 1 N–H and O–H groups in total.